The fraction of sp³-hybridized carbons (Fsp3) is 0.455. The zero-order valence-electron chi connectivity index (χ0n) is 8.99. The number of aliphatic hydroxyl groups excluding tert-OH is 1. The molecular formula is C11H15N3O. The van der Waals surface area contributed by atoms with Gasteiger partial charge in [0.1, 0.15) is 17.6 Å². The fourth-order valence-corrected chi connectivity index (χ4v) is 1.12. The van der Waals surface area contributed by atoms with E-state index in [1.165, 1.54) is 0 Å². The molecule has 0 spiro atoms. The number of rotatable bonds is 4. The number of hydrogen-bond acceptors (Lipinski definition) is 4. The van der Waals surface area contributed by atoms with Crippen LogP contribution in [0.2, 0.25) is 0 Å². The Balaban J connectivity index is 2.85. The van der Waals surface area contributed by atoms with E-state index in [9.17, 15) is 5.11 Å². The molecule has 15 heavy (non-hydrogen) atoms. The maximum absolute atomic E-state index is 9.22. The van der Waals surface area contributed by atoms with Gasteiger partial charge in [0.05, 0.1) is 12.1 Å². The molecule has 0 aliphatic rings. The van der Waals surface area contributed by atoms with Crippen molar-refractivity contribution in [3.8, 4) is 6.07 Å². The molecule has 1 aromatic heterocycles. The van der Waals surface area contributed by atoms with Crippen LogP contribution in [0.3, 0.4) is 0 Å². The first-order valence-electron chi connectivity index (χ1n) is 4.90. The van der Waals surface area contributed by atoms with Crippen LogP contribution in [-0.2, 0) is 0 Å². The van der Waals surface area contributed by atoms with Gasteiger partial charge in [-0.3, -0.25) is 0 Å². The zero-order valence-corrected chi connectivity index (χ0v) is 8.99. The molecule has 0 aliphatic carbocycles. The fourth-order valence-electron chi connectivity index (χ4n) is 1.12. The third kappa shape index (κ3) is 2.93. The first-order valence-corrected chi connectivity index (χ1v) is 4.90. The second-order valence-electron chi connectivity index (χ2n) is 3.72. The van der Waals surface area contributed by atoms with Crippen molar-refractivity contribution >= 4 is 5.82 Å². The topological polar surface area (TPSA) is 68.9 Å². The van der Waals surface area contributed by atoms with E-state index in [0.717, 1.165) is 6.42 Å². The van der Waals surface area contributed by atoms with Crippen molar-refractivity contribution in [1.29, 1.82) is 5.26 Å². The Morgan fingerprint density at radius 2 is 2.33 bits per heavy atom. The molecule has 4 heteroatoms. The van der Waals surface area contributed by atoms with Crippen molar-refractivity contribution in [2.45, 2.75) is 25.8 Å². The second-order valence-corrected chi connectivity index (χ2v) is 3.72. The lowest BCUT2D eigenvalue weighted by atomic mass is 10.0. The van der Waals surface area contributed by atoms with Gasteiger partial charge < -0.3 is 10.4 Å². The first-order chi connectivity index (χ1) is 7.13. The molecule has 4 nitrogen and oxygen atoms in total. The minimum Gasteiger partial charge on any atom is -0.394 e. The number of pyridine rings is 1. The molecule has 0 bridgehead atoms. The molecule has 0 aromatic carbocycles. The summed E-state index contributed by atoms with van der Waals surface area (Å²) in [6.07, 6.45) is 0.780. The number of hydrogen-bond donors (Lipinski definition) is 2. The quantitative estimate of drug-likeness (QED) is 0.782. The molecule has 2 N–H and O–H groups in total. The van der Waals surface area contributed by atoms with Gasteiger partial charge in [0.15, 0.2) is 0 Å². The van der Waals surface area contributed by atoms with E-state index in [1.54, 1.807) is 18.2 Å². The Bertz CT molecular complexity index is 366. The Morgan fingerprint density at radius 3 is 2.87 bits per heavy atom. The van der Waals surface area contributed by atoms with E-state index in [-0.39, 0.29) is 12.1 Å². The van der Waals surface area contributed by atoms with Gasteiger partial charge in [-0.15, -0.1) is 0 Å². The van der Waals surface area contributed by atoms with E-state index >= 15 is 0 Å². The van der Waals surface area contributed by atoms with Gasteiger partial charge >= 0.3 is 0 Å². The summed E-state index contributed by atoms with van der Waals surface area (Å²) in [5, 5.41) is 21.0. The van der Waals surface area contributed by atoms with Gasteiger partial charge in [-0.2, -0.15) is 5.26 Å². The van der Waals surface area contributed by atoms with Crippen LogP contribution in [0.1, 0.15) is 26.0 Å². The lowest BCUT2D eigenvalue weighted by Crippen LogP contribution is -2.38. The number of nitriles is 1. The van der Waals surface area contributed by atoms with Gasteiger partial charge in [0, 0.05) is 0 Å². The standard InChI is InChI=1S/C11H15N3O/c1-3-11(2,8-15)14-10-6-4-5-9(7-12)13-10/h4-6,15H,3,8H2,1-2H3,(H,13,14). The van der Waals surface area contributed by atoms with E-state index in [1.807, 2.05) is 19.9 Å². The number of aromatic nitrogens is 1. The highest BCUT2D eigenvalue weighted by atomic mass is 16.3. The van der Waals surface area contributed by atoms with Crippen molar-refractivity contribution in [3.05, 3.63) is 23.9 Å². The normalized spacial score (nSPS) is 14.0. The molecule has 0 aliphatic heterocycles. The summed E-state index contributed by atoms with van der Waals surface area (Å²) in [6, 6.07) is 7.17. The van der Waals surface area contributed by atoms with Gasteiger partial charge in [-0.1, -0.05) is 13.0 Å². The molecule has 0 radical (unpaired) electrons. The highest BCUT2D eigenvalue weighted by molar-refractivity contribution is 5.40. The molecular weight excluding hydrogens is 190 g/mol. The molecule has 1 atom stereocenters. The van der Waals surface area contributed by atoms with Crippen LogP contribution in [0.5, 0.6) is 0 Å². The van der Waals surface area contributed by atoms with Gasteiger partial charge in [-0.05, 0) is 25.5 Å². The maximum Gasteiger partial charge on any atom is 0.142 e. The predicted molar refractivity (Wildman–Crippen MR) is 58.4 cm³/mol. The van der Waals surface area contributed by atoms with Crippen LogP contribution in [0.15, 0.2) is 18.2 Å². The molecule has 1 heterocycles. The minimum absolute atomic E-state index is 0.0297. The Morgan fingerprint density at radius 1 is 1.60 bits per heavy atom. The number of aliphatic hydroxyl groups is 1. The summed E-state index contributed by atoms with van der Waals surface area (Å²) < 4.78 is 0. The van der Waals surface area contributed by atoms with Crippen LogP contribution in [0.25, 0.3) is 0 Å². The molecule has 80 valence electrons. The van der Waals surface area contributed by atoms with Crippen LogP contribution < -0.4 is 5.32 Å². The third-order valence-electron chi connectivity index (χ3n) is 2.42. The molecule has 1 aromatic rings. The zero-order chi connectivity index (χ0) is 11.3. The molecule has 0 saturated carbocycles. The third-order valence-corrected chi connectivity index (χ3v) is 2.42. The highest BCUT2D eigenvalue weighted by Crippen LogP contribution is 2.16. The summed E-state index contributed by atoms with van der Waals surface area (Å²) >= 11 is 0. The predicted octanol–water partition coefficient (Wildman–Crippen LogP) is 1.53. The first kappa shape index (κ1) is 11.5. The minimum atomic E-state index is -0.388. The maximum atomic E-state index is 9.22. The van der Waals surface area contributed by atoms with Crippen LogP contribution in [-0.4, -0.2) is 22.2 Å². The number of anilines is 1. The number of nitrogens with one attached hydrogen (secondary N) is 1. The average molecular weight is 205 g/mol. The molecule has 1 rings (SSSR count). The van der Waals surface area contributed by atoms with Gasteiger partial charge in [0.25, 0.3) is 0 Å². The SMILES string of the molecule is CCC(C)(CO)Nc1cccc(C#N)n1. The summed E-state index contributed by atoms with van der Waals surface area (Å²) in [6.45, 7) is 3.92. The molecule has 0 fully saturated rings. The molecule has 0 saturated heterocycles. The van der Waals surface area contributed by atoms with E-state index in [4.69, 9.17) is 5.26 Å². The van der Waals surface area contributed by atoms with E-state index in [2.05, 4.69) is 10.3 Å². The highest BCUT2D eigenvalue weighted by Gasteiger charge is 2.20. The van der Waals surface area contributed by atoms with Crippen molar-refractivity contribution in [1.82, 2.24) is 4.98 Å². The van der Waals surface area contributed by atoms with E-state index in [0.29, 0.717) is 11.5 Å². The van der Waals surface area contributed by atoms with Crippen molar-refractivity contribution < 1.29 is 5.11 Å². The van der Waals surface area contributed by atoms with Crippen molar-refractivity contribution in [2.75, 3.05) is 11.9 Å². The largest absolute Gasteiger partial charge is 0.394 e. The van der Waals surface area contributed by atoms with Gasteiger partial charge in [0.2, 0.25) is 0 Å². The van der Waals surface area contributed by atoms with Crippen molar-refractivity contribution in [3.63, 3.8) is 0 Å². The summed E-state index contributed by atoms with van der Waals surface area (Å²) in [5.41, 5.74) is -0.0162. The Kier molecular flexibility index (Phi) is 3.64. The average Bonchev–Trinajstić information content (AvgIpc) is 2.29. The lowest BCUT2D eigenvalue weighted by Gasteiger charge is -2.27. The summed E-state index contributed by atoms with van der Waals surface area (Å²) in [7, 11) is 0. The smallest absolute Gasteiger partial charge is 0.142 e. The Hall–Kier alpha value is -1.60. The monoisotopic (exact) mass is 205 g/mol. The molecule has 1 unspecified atom stereocenters. The number of nitrogens with zero attached hydrogens (tertiary/aromatic N) is 2. The second kappa shape index (κ2) is 4.76. The summed E-state index contributed by atoms with van der Waals surface area (Å²) in [5.74, 6) is 0.618. The van der Waals surface area contributed by atoms with Crippen LogP contribution in [0.4, 0.5) is 5.82 Å². The summed E-state index contributed by atoms with van der Waals surface area (Å²) in [4.78, 5) is 4.09. The lowest BCUT2D eigenvalue weighted by molar-refractivity contribution is 0.218. The van der Waals surface area contributed by atoms with Crippen molar-refractivity contribution in [2.24, 2.45) is 0 Å². The molecule has 0 amide bonds. The van der Waals surface area contributed by atoms with Crippen LogP contribution in [0, 0.1) is 11.3 Å². The van der Waals surface area contributed by atoms with Crippen LogP contribution >= 0.6 is 0 Å². The van der Waals surface area contributed by atoms with E-state index < -0.39 is 0 Å². The Labute approximate surface area is 89.6 Å². The van der Waals surface area contributed by atoms with Gasteiger partial charge in [-0.25, -0.2) is 4.98 Å².